The summed E-state index contributed by atoms with van der Waals surface area (Å²) in [6, 6.07) is 1.96. The lowest BCUT2D eigenvalue weighted by atomic mass is 10.4. The molecule has 1 aromatic rings. The maximum Gasteiger partial charge on any atom is 0.0621 e. The molecule has 0 unspecified atom stereocenters. The molecule has 0 aromatic carbocycles. The van der Waals surface area contributed by atoms with Crippen LogP contribution >= 0.6 is 23.7 Å². The Labute approximate surface area is 64.4 Å². The fourth-order valence-corrected chi connectivity index (χ4v) is 1.20. The number of thiophene rings is 1. The molecular formula is C5H9ClN2S. The van der Waals surface area contributed by atoms with Crippen molar-refractivity contribution in [2.75, 3.05) is 5.43 Å². The van der Waals surface area contributed by atoms with Gasteiger partial charge in [-0.3, -0.25) is 5.84 Å². The van der Waals surface area contributed by atoms with Crippen molar-refractivity contribution >= 4 is 29.4 Å². The number of halogens is 1. The molecular weight excluding hydrogens is 156 g/mol. The predicted octanol–water partition coefficient (Wildman–Crippen LogP) is 1.76. The van der Waals surface area contributed by atoms with E-state index in [-0.39, 0.29) is 12.4 Å². The first-order valence-electron chi connectivity index (χ1n) is 2.35. The van der Waals surface area contributed by atoms with Gasteiger partial charge in [-0.25, -0.2) is 0 Å². The Kier molecular flexibility index (Phi) is 3.61. The molecule has 0 bridgehead atoms. The zero-order valence-corrected chi connectivity index (χ0v) is 6.68. The molecule has 0 saturated carbocycles. The van der Waals surface area contributed by atoms with Gasteiger partial charge < -0.3 is 5.43 Å². The first kappa shape index (κ1) is 8.75. The molecule has 0 aliphatic rings. The number of hydrogen-bond donors (Lipinski definition) is 2. The van der Waals surface area contributed by atoms with E-state index in [9.17, 15) is 0 Å². The van der Waals surface area contributed by atoms with Crippen LogP contribution in [0.2, 0.25) is 0 Å². The fourth-order valence-electron chi connectivity index (χ4n) is 0.535. The lowest BCUT2D eigenvalue weighted by molar-refractivity contribution is 1.35. The number of anilines is 1. The van der Waals surface area contributed by atoms with Crippen LogP contribution in [0, 0.1) is 6.92 Å². The van der Waals surface area contributed by atoms with Gasteiger partial charge in [-0.05, 0) is 18.4 Å². The first-order valence-corrected chi connectivity index (χ1v) is 3.23. The van der Waals surface area contributed by atoms with E-state index in [0.29, 0.717) is 0 Å². The van der Waals surface area contributed by atoms with E-state index in [0.717, 1.165) is 5.69 Å². The first-order chi connectivity index (χ1) is 3.84. The van der Waals surface area contributed by atoms with Gasteiger partial charge in [0, 0.05) is 4.88 Å². The summed E-state index contributed by atoms with van der Waals surface area (Å²) in [5, 5.41) is 2.00. The van der Waals surface area contributed by atoms with E-state index in [1.54, 1.807) is 11.3 Å². The highest BCUT2D eigenvalue weighted by molar-refractivity contribution is 7.10. The minimum atomic E-state index is 0. The number of nitrogen functional groups attached to an aromatic ring is 1. The summed E-state index contributed by atoms with van der Waals surface area (Å²) in [5.41, 5.74) is 3.61. The van der Waals surface area contributed by atoms with Gasteiger partial charge in [-0.2, -0.15) is 0 Å². The molecule has 0 atom stereocenters. The molecule has 0 aliphatic heterocycles. The van der Waals surface area contributed by atoms with Gasteiger partial charge in [0.15, 0.2) is 0 Å². The van der Waals surface area contributed by atoms with E-state index in [1.165, 1.54) is 4.88 Å². The zero-order valence-electron chi connectivity index (χ0n) is 5.05. The van der Waals surface area contributed by atoms with Crippen LogP contribution in [-0.4, -0.2) is 0 Å². The van der Waals surface area contributed by atoms with Gasteiger partial charge in [-0.1, -0.05) is 0 Å². The summed E-state index contributed by atoms with van der Waals surface area (Å²) in [6.07, 6.45) is 0. The minimum absolute atomic E-state index is 0. The van der Waals surface area contributed by atoms with E-state index in [4.69, 9.17) is 5.84 Å². The number of nitrogens with two attached hydrogens (primary N) is 1. The summed E-state index contributed by atoms with van der Waals surface area (Å²) in [5.74, 6) is 5.15. The van der Waals surface area contributed by atoms with Crippen molar-refractivity contribution in [3.05, 3.63) is 16.3 Å². The molecule has 0 saturated heterocycles. The van der Waals surface area contributed by atoms with Crippen LogP contribution in [0.15, 0.2) is 11.4 Å². The quantitative estimate of drug-likeness (QED) is 0.491. The van der Waals surface area contributed by atoms with Crippen LogP contribution in [0.5, 0.6) is 0 Å². The fraction of sp³-hybridized carbons (Fsp3) is 0.200. The van der Waals surface area contributed by atoms with E-state index in [2.05, 4.69) is 5.43 Å². The zero-order chi connectivity index (χ0) is 5.98. The molecule has 3 N–H and O–H groups in total. The second-order valence-corrected chi connectivity index (χ2v) is 2.66. The Hall–Kier alpha value is -0.250. The van der Waals surface area contributed by atoms with Gasteiger partial charge in [0.05, 0.1) is 5.69 Å². The highest BCUT2D eigenvalue weighted by Gasteiger charge is 1.92. The number of nitrogens with one attached hydrogen (secondary N) is 1. The molecule has 9 heavy (non-hydrogen) atoms. The molecule has 0 aliphatic carbocycles. The molecule has 0 amide bonds. The average molecular weight is 165 g/mol. The standard InChI is InChI=1S/C5H8N2S.ClH/c1-4-5(7-6)2-3-8-4;/h2-3,7H,6H2,1H3;1H. The van der Waals surface area contributed by atoms with Crippen molar-refractivity contribution in [2.45, 2.75) is 6.92 Å². The van der Waals surface area contributed by atoms with Crippen molar-refractivity contribution < 1.29 is 0 Å². The number of hydrazine groups is 1. The van der Waals surface area contributed by atoms with E-state index >= 15 is 0 Å². The lowest BCUT2D eigenvalue weighted by Crippen LogP contribution is -2.05. The lowest BCUT2D eigenvalue weighted by Gasteiger charge is -1.92. The molecule has 1 rings (SSSR count). The van der Waals surface area contributed by atoms with Crippen molar-refractivity contribution in [1.29, 1.82) is 0 Å². The second kappa shape index (κ2) is 3.71. The van der Waals surface area contributed by atoms with E-state index in [1.807, 2.05) is 18.4 Å². The van der Waals surface area contributed by atoms with Gasteiger partial charge in [0.2, 0.25) is 0 Å². The summed E-state index contributed by atoms with van der Waals surface area (Å²) >= 11 is 1.69. The van der Waals surface area contributed by atoms with Gasteiger partial charge in [-0.15, -0.1) is 23.7 Å². The van der Waals surface area contributed by atoms with Crippen molar-refractivity contribution in [1.82, 2.24) is 0 Å². The smallest absolute Gasteiger partial charge is 0.0621 e. The number of aryl methyl sites for hydroxylation is 1. The monoisotopic (exact) mass is 164 g/mol. The van der Waals surface area contributed by atoms with Gasteiger partial charge >= 0.3 is 0 Å². The van der Waals surface area contributed by atoms with Crippen molar-refractivity contribution in [2.24, 2.45) is 5.84 Å². The topological polar surface area (TPSA) is 38.0 Å². The molecule has 0 fully saturated rings. The highest BCUT2D eigenvalue weighted by atomic mass is 35.5. The molecule has 4 heteroatoms. The Balaban J connectivity index is 0.000000640. The molecule has 0 radical (unpaired) electrons. The predicted molar refractivity (Wildman–Crippen MR) is 44.1 cm³/mol. The normalized spacial score (nSPS) is 8.22. The van der Waals surface area contributed by atoms with Crippen LogP contribution in [-0.2, 0) is 0 Å². The number of hydrogen-bond acceptors (Lipinski definition) is 3. The van der Waals surface area contributed by atoms with Gasteiger partial charge in [0.25, 0.3) is 0 Å². The summed E-state index contributed by atoms with van der Waals surface area (Å²) < 4.78 is 0. The van der Waals surface area contributed by atoms with Crippen LogP contribution < -0.4 is 11.3 Å². The number of rotatable bonds is 1. The Morgan fingerprint density at radius 1 is 1.67 bits per heavy atom. The van der Waals surface area contributed by atoms with Crippen LogP contribution in [0.4, 0.5) is 5.69 Å². The third-order valence-corrected chi connectivity index (χ3v) is 1.86. The molecule has 1 aromatic heterocycles. The Morgan fingerprint density at radius 2 is 2.33 bits per heavy atom. The summed E-state index contributed by atoms with van der Waals surface area (Å²) in [4.78, 5) is 1.23. The largest absolute Gasteiger partial charge is 0.323 e. The van der Waals surface area contributed by atoms with Crippen LogP contribution in [0.25, 0.3) is 0 Å². The SMILES string of the molecule is Cc1sccc1NN.Cl. The third kappa shape index (κ3) is 1.86. The average Bonchev–Trinajstić information content (AvgIpc) is 2.14. The van der Waals surface area contributed by atoms with E-state index < -0.39 is 0 Å². The van der Waals surface area contributed by atoms with Crippen molar-refractivity contribution in [3.63, 3.8) is 0 Å². The molecule has 52 valence electrons. The minimum Gasteiger partial charge on any atom is -0.323 e. The Morgan fingerprint density at radius 3 is 2.56 bits per heavy atom. The maximum absolute atomic E-state index is 5.15. The molecule has 2 nitrogen and oxygen atoms in total. The summed E-state index contributed by atoms with van der Waals surface area (Å²) in [7, 11) is 0. The summed E-state index contributed by atoms with van der Waals surface area (Å²) in [6.45, 7) is 2.03. The maximum atomic E-state index is 5.15. The van der Waals surface area contributed by atoms with Crippen molar-refractivity contribution in [3.8, 4) is 0 Å². The van der Waals surface area contributed by atoms with Crippen LogP contribution in [0.1, 0.15) is 4.88 Å². The third-order valence-electron chi connectivity index (χ3n) is 1.01. The molecule has 0 spiro atoms. The van der Waals surface area contributed by atoms with Gasteiger partial charge in [0.1, 0.15) is 0 Å². The highest BCUT2D eigenvalue weighted by Crippen LogP contribution is 2.18. The van der Waals surface area contributed by atoms with Crippen LogP contribution in [0.3, 0.4) is 0 Å². The Bertz CT molecular complexity index is 175. The second-order valence-electron chi connectivity index (χ2n) is 1.53. The molecule has 1 heterocycles.